The third-order valence-corrected chi connectivity index (χ3v) is 3.84. The molecule has 0 aromatic heterocycles. The minimum atomic E-state index is -0.961. The van der Waals surface area contributed by atoms with Crippen molar-refractivity contribution >= 4 is 23.5 Å². The molecule has 6 heteroatoms. The molecule has 0 radical (unpaired) electrons. The summed E-state index contributed by atoms with van der Waals surface area (Å²) in [5, 5.41) is 11.8. The highest BCUT2D eigenvalue weighted by molar-refractivity contribution is 5.92. The fourth-order valence-electron chi connectivity index (χ4n) is 2.55. The number of likely N-dealkylation sites (tertiary alicyclic amines) is 1. The van der Waals surface area contributed by atoms with E-state index in [1.165, 1.54) is 4.90 Å². The average molecular weight is 304 g/mol. The number of nitrogens with one attached hydrogen (secondary N) is 1. The van der Waals surface area contributed by atoms with E-state index in [-0.39, 0.29) is 37.7 Å². The van der Waals surface area contributed by atoms with Gasteiger partial charge in [-0.2, -0.15) is 0 Å². The molecule has 6 nitrogen and oxygen atoms in total. The molecule has 2 amide bonds. The lowest BCUT2D eigenvalue weighted by Crippen LogP contribution is -2.30. The lowest BCUT2D eigenvalue weighted by Gasteiger charge is -2.16. The molecular formula is C16H20N2O4. The van der Waals surface area contributed by atoms with Crippen molar-refractivity contribution in [1.82, 2.24) is 4.90 Å². The van der Waals surface area contributed by atoms with E-state index < -0.39 is 11.9 Å². The fourth-order valence-corrected chi connectivity index (χ4v) is 2.55. The van der Waals surface area contributed by atoms with Crippen LogP contribution < -0.4 is 5.32 Å². The maximum Gasteiger partial charge on any atom is 0.308 e. The number of anilines is 1. The summed E-state index contributed by atoms with van der Waals surface area (Å²) in [6.07, 6.45) is 1.01. The summed E-state index contributed by atoms with van der Waals surface area (Å²) >= 11 is 0. The van der Waals surface area contributed by atoms with E-state index in [4.69, 9.17) is 5.11 Å². The minimum absolute atomic E-state index is 0.0234. The topological polar surface area (TPSA) is 86.7 Å². The molecule has 2 N–H and O–H groups in total. The number of nitrogens with zero attached hydrogens (tertiary/aromatic N) is 1. The Balaban J connectivity index is 1.86. The molecule has 0 spiro atoms. The van der Waals surface area contributed by atoms with Crippen LogP contribution in [0.3, 0.4) is 0 Å². The van der Waals surface area contributed by atoms with Crippen LogP contribution in [-0.4, -0.2) is 40.9 Å². The standard InChI is InChI=1S/C16H20N2O4/c1-2-11-5-3-4-6-13(11)17-14(19)7-8-18-10-12(16(21)22)9-15(18)20/h3-6,12H,2,7-10H2,1H3,(H,17,19)(H,21,22). The number of aryl methyl sites for hydroxylation is 1. The number of benzene rings is 1. The van der Waals surface area contributed by atoms with Gasteiger partial charge < -0.3 is 15.3 Å². The van der Waals surface area contributed by atoms with Crippen LogP contribution in [0.4, 0.5) is 5.69 Å². The van der Waals surface area contributed by atoms with Crippen LogP contribution in [0, 0.1) is 5.92 Å². The molecule has 1 aliphatic rings. The Morgan fingerprint density at radius 3 is 2.73 bits per heavy atom. The first-order valence-corrected chi connectivity index (χ1v) is 7.39. The lowest BCUT2D eigenvalue weighted by molar-refractivity contribution is -0.141. The third-order valence-electron chi connectivity index (χ3n) is 3.84. The van der Waals surface area contributed by atoms with Gasteiger partial charge in [-0.1, -0.05) is 25.1 Å². The van der Waals surface area contributed by atoms with Crippen LogP contribution in [0.5, 0.6) is 0 Å². The predicted octanol–water partition coefficient (Wildman–Crippen LogP) is 1.51. The van der Waals surface area contributed by atoms with Gasteiger partial charge in [0.1, 0.15) is 0 Å². The number of carboxylic acids is 1. The summed E-state index contributed by atoms with van der Waals surface area (Å²) < 4.78 is 0. The molecule has 0 aliphatic carbocycles. The van der Waals surface area contributed by atoms with Crippen molar-refractivity contribution in [3.63, 3.8) is 0 Å². The molecular weight excluding hydrogens is 284 g/mol. The highest BCUT2D eigenvalue weighted by Gasteiger charge is 2.34. The summed E-state index contributed by atoms with van der Waals surface area (Å²) in [4.78, 5) is 36.0. The number of hydrogen-bond acceptors (Lipinski definition) is 3. The van der Waals surface area contributed by atoms with Crippen molar-refractivity contribution in [2.75, 3.05) is 18.4 Å². The van der Waals surface area contributed by atoms with Crippen LogP contribution in [0.1, 0.15) is 25.3 Å². The zero-order valence-corrected chi connectivity index (χ0v) is 12.5. The van der Waals surface area contributed by atoms with Crippen molar-refractivity contribution < 1.29 is 19.5 Å². The third kappa shape index (κ3) is 3.84. The summed E-state index contributed by atoms with van der Waals surface area (Å²) in [6, 6.07) is 7.58. The van der Waals surface area contributed by atoms with Crippen molar-refractivity contribution in [2.45, 2.75) is 26.2 Å². The van der Waals surface area contributed by atoms with Crippen LogP contribution in [0.25, 0.3) is 0 Å². The lowest BCUT2D eigenvalue weighted by atomic mass is 10.1. The molecule has 22 heavy (non-hydrogen) atoms. The van der Waals surface area contributed by atoms with Gasteiger partial charge in [-0.05, 0) is 18.1 Å². The molecule has 1 aliphatic heterocycles. The molecule has 0 saturated carbocycles. The molecule has 1 aromatic carbocycles. The summed E-state index contributed by atoms with van der Waals surface area (Å²) in [5.74, 6) is -1.99. The Labute approximate surface area is 129 Å². The van der Waals surface area contributed by atoms with E-state index in [1.807, 2.05) is 31.2 Å². The van der Waals surface area contributed by atoms with Crippen LogP contribution in [0.2, 0.25) is 0 Å². The van der Waals surface area contributed by atoms with Gasteiger partial charge in [-0.25, -0.2) is 0 Å². The summed E-state index contributed by atoms with van der Waals surface area (Å²) in [5.41, 5.74) is 1.84. The number of hydrogen-bond donors (Lipinski definition) is 2. The second-order valence-corrected chi connectivity index (χ2v) is 5.39. The molecule has 1 unspecified atom stereocenters. The Hall–Kier alpha value is -2.37. The highest BCUT2D eigenvalue weighted by atomic mass is 16.4. The van der Waals surface area contributed by atoms with Crippen molar-refractivity contribution in [3.05, 3.63) is 29.8 Å². The van der Waals surface area contributed by atoms with E-state index >= 15 is 0 Å². The maximum absolute atomic E-state index is 12.0. The van der Waals surface area contributed by atoms with Gasteiger partial charge in [-0.15, -0.1) is 0 Å². The second-order valence-electron chi connectivity index (χ2n) is 5.39. The Kier molecular flexibility index (Phi) is 5.14. The highest BCUT2D eigenvalue weighted by Crippen LogP contribution is 2.19. The second kappa shape index (κ2) is 7.06. The number of rotatable bonds is 6. The largest absolute Gasteiger partial charge is 0.481 e. The monoisotopic (exact) mass is 304 g/mol. The quantitative estimate of drug-likeness (QED) is 0.834. The van der Waals surface area contributed by atoms with Crippen LogP contribution in [-0.2, 0) is 20.8 Å². The Morgan fingerprint density at radius 1 is 1.36 bits per heavy atom. The molecule has 1 saturated heterocycles. The average Bonchev–Trinajstić information content (AvgIpc) is 2.87. The van der Waals surface area contributed by atoms with Gasteiger partial charge in [-0.3, -0.25) is 14.4 Å². The van der Waals surface area contributed by atoms with E-state index in [0.717, 1.165) is 17.7 Å². The maximum atomic E-state index is 12.0. The fraction of sp³-hybridized carbons (Fsp3) is 0.438. The first-order chi connectivity index (χ1) is 10.5. The normalized spacial score (nSPS) is 17.6. The minimum Gasteiger partial charge on any atom is -0.481 e. The zero-order chi connectivity index (χ0) is 16.1. The van der Waals surface area contributed by atoms with Gasteiger partial charge in [0.15, 0.2) is 0 Å². The number of aliphatic carboxylic acids is 1. The number of amides is 2. The van der Waals surface area contributed by atoms with E-state index in [2.05, 4.69) is 5.32 Å². The van der Waals surface area contributed by atoms with Crippen LogP contribution in [0.15, 0.2) is 24.3 Å². The molecule has 118 valence electrons. The van der Waals surface area contributed by atoms with E-state index in [0.29, 0.717) is 0 Å². The van der Waals surface area contributed by atoms with Crippen molar-refractivity contribution in [2.24, 2.45) is 5.92 Å². The molecule has 1 fully saturated rings. The van der Waals surface area contributed by atoms with Gasteiger partial charge in [0.2, 0.25) is 11.8 Å². The van der Waals surface area contributed by atoms with Gasteiger partial charge >= 0.3 is 5.97 Å². The smallest absolute Gasteiger partial charge is 0.308 e. The van der Waals surface area contributed by atoms with Gasteiger partial charge in [0.05, 0.1) is 5.92 Å². The summed E-state index contributed by atoms with van der Waals surface area (Å²) in [6.45, 7) is 2.45. The number of carbonyl (C=O) groups excluding carboxylic acids is 2. The number of carboxylic acid groups (broad SMARTS) is 1. The van der Waals surface area contributed by atoms with E-state index in [1.54, 1.807) is 0 Å². The van der Waals surface area contributed by atoms with Crippen LogP contribution >= 0.6 is 0 Å². The molecule has 1 heterocycles. The van der Waals surface area contributed by atoms with Crippen molar-refractivity contribution in [3.8, 4) is 0 Å². The summed E-state index contributed by atoms with van der Waals surface area (Å²) in [7, 11) is 0. The van der Waals surface area contributed by atoms with Gasteiger partial charge in [0, 0.05) is 31.6 Å². The Morgan fingerprint density at radius 2 is 2.09 bits per heavy atom. The number of para-hydroxylation sites is 1. The van der Waals surface area contributed by atoms with E-state index in [9.17, 15) is 14.4 Å². The van der Waals surface area contributed by atoms with Crippen molar-refractivity contribution in [1.29, 1.82) is 0 Å². The molecule has 1 aromatic rings. The first kappa shape index (κ1) is 16.0. The zero-order valence-electron chi connectivity index (χ0n) is 12.5. The first-order valence-electron chi connectivity index (χ1n) is 7.39. The number of carbonyl (C=O) groups is 3. The predicted molar refractivity (Wildman–Crippen MR) is 81.4 cm³/mol. The Bertz CT molecular complexity index is 585. The molecule has 0 bridgehead atoms. The SMILES string of the molecule is CCc1ccccc1NC(=O)CCN1CC(C(=O)O)CC1=O. The molecule has 1 atom stereocenters. The van der Waals surface area contributed by atoms with Gasteiger partial charge in [0.25, 0.3) is 0 Å². The molecule has 2 rings (SSSR count).